The summed E-state index contributed by atoms with van der Waals surface area (Å²) in [6.45, 7) is -0.203. The quantitative estimate of drug-likeness (QED) is 0.572. The van der Waals surface area contributed by atoms with Crippen molar-refractivity contribution in [3.8, 4) is 17.3 Å². The van der Waals surface area contributed by atoms with Gasteiger partial charge in [-0.3, -0.25) is 15.0 Å². The maximum absolute atomic E-state index is 14.3. The highest BCUT2D eigenvalue weighted by atomic mass is 19.1. The molecule has 1 aliphatic rings. The Hall–Kier alpha value is -3.83. The van der Waals surface area contributed by atoms with E-state index in [1.54, 1.807) is 0 Å². The van der Waals surface area contributed by atoms with Gasteiger partial charge in [0.25, 0.3) is 0 Å². The van der Waals surface area contributed by atoms with Crippen LogP contribution in [0.1, 0.15) is 6.42 Å². The summed E-state index contributed by atoms with van der Waals surface area (Å²) >= 11 is 0. The highest BCUT2D eigenvalue weighted by Gasteiger charge is 2.41. The number of nitro groups is 1. The molecule has 1 saturated heterocycles. The molecule has 1 aromatic carbocycles. The van der Waals surface area contributed by atoms with E-state index in [9.17, 15) is 24.1 Å². The van der Waals surface area contributed by atoms with E-state index < -0.39 is 40.6 Å². The number of aromatic nitrogens is 2. The van der Waals surface area contributed by atoms with Crippen LogP contribution in [0.4, 0.5) is 14.9 Å². The molecule has 11 nitrogen and oxygen atoms in total. The van der Waals surface area contributed by atoms with Crippen LogP contribution in [0.2, 0.25) is 0 Å². The summed E-state index contributed by atoms with van der Waals surface area (Å²) in [6.07, 6.45) is -1.08. The van der Waals surface area contributed by atoms with Crippen LogP contribution in [0.5, 0.6) is 6.01 Å². The molecule has 0 saturated carbocycles. The molecule has 0 spiro atoms. The summed E-state index contributed by atoms with van der Waals surface area (Å²) in [5, 5.41) is 29.1. The van der Waals surface area contributed by atoms with Gasteiger partial charge in [0, 0.05) is 24.2 Å². The Bertz CT molecular complexity index is 932. The second-order valence-electron chi connectivity index (χ2n) is 5.88. The van der Waals surface area contributed by atoms with Gasteiger partial charge in [0.1, 0.15) is 12.1 Å². The second-order valence-corrected chi connectivity index (χ2v) is 5.88. The number of carboxylic acid groups (broad SMARTS) is 2. The molecule has 2 atom stereocenters. The van der Waals surface area contributed by atoms with Crippen molar-refractivity contribution in [3.05, 3.63) is 46.4 Å². The lowest BCUT2D eigenvalue weighted by atomic mass is 10.1. The Morgan fingerprint density at radius 2 is 2.07 bits per heavy atom. The number of rotatable bonds is 5. The normalized spacial score (nSPS) is 18.7. The largest absolute Gasteiger partial charge is 0.480 e. The van der Waals surface area contributed by atoms with Gasteiger partial charge in [-0.15, -0.1) is 0 Å². The van der Waals surface area contributed by atoms with E-state index in [0.717, 1.165) is 11.0 Å². The number of likely N-dealkylation sites (tertiary alicyclic amines) is 1. The number of hydrogen-bond donors (Lipinski definition) is 2. The second kappa shape index (κ2) is 7.42. The molecule has 0 bridgehead atoms. The summed E-state index contributed by atoms with van der Waals surface area (Å²) in [5.74, 6) is -2.37. The Kier molecular flexibility index (Phi) is 5.02. The van der Waals surface area contributed by atoms with Crippen molar-refractivity contribution < 1.29 is 33.9 Å². The number of carboxylic acids is 1. The minimum Gasteiger partial charge on any atom is -0.480 e. The van der Waals surface area contributed by atoms with E-state index in [1.807, 2.05) is 0 Å². The maximum Gasteiger partial charge on any atom is 0.408 e. The van der Waals surface area contributed by atoms with E-state index in [2.05, 4.69) is 9.97 Å². The molecule has 1 amide bonds. The molecule has 2 aromatic rings. The number of halogens is 1. The Labute approximate surface area is 156 Å². The molecule has 1 aliphatic heterocycles. The van der Waals surface area contributed by atoms with Crippen LogP contribution in [0.3, 0.4) is 0 Å². The fourth-order valence-corrected chi connectivity index (χ4v) is 2.88. The van der Waals surface area contributed by atoms with Crippen LogP contribution in [0, 0.1) is 15.9 Å². The zero-order valence-corrected chi connectivity index (χ0v) is 14.1. The molecule has 0 aliphatic carbocycles. The van der Waals surface area contributed by atoms with Gasteiger partial charge < -0.3 is 14.9 Å². The summed E-state index contributed by atoms with van der Waals surface area (Å²) < 4.78 is 19.8. The molecule has 28 heavy (non-hydrogen) atoms. The van der Waals surface area contributed by atoms with E-state index in [-0.39, 0.29) is 30.2 Å². The van der Waals surface area contributed by atoms with E-state index >= 15 is 0 Å². The number of carbonyl (C=O) groups is 2. The molecule has 2 heterocycles. The maximum atomic E-state index is 14.3. The van der Waals surface area contributed by atoms with Gasteiger partial charge in [-0.2, -0.15) is 9.37 Å². The SMILES string of the molecule is O=C(O)[C@@H]1C[C@H](Oc2nccc(-c3cccc([N+](=O)[O-])c3F)n2)CN1C(=O)O. The molecule has 0 unspecified atom stereocenters. The van der Waals surface area contributed by atoms with Crippen LogP contribution in [-0.2, 0) is 4.79 Å². The minimum atomic E-state index is -1.40. The highest BCUT2D eigenvalue weighted by Crippen LogP contribution is 2.29. The van der Waals surface area contributed by atoms with E-state index in [1.165, 1.54) is 24.4 Å². The fourth-order valence-electron chi connectivity index (χ4n) is 2.88. The molecule has 3 rings (SSSR count). The van der Waals surface area contributed by atoms with E-state index in [0.29, 0.717) is 0 Å². The summed E-state index contributed by atoms with van der Waals surface area (Å²) in [7, 11) is 0. The summed E-state index contributed by atoms with van der Waals surface area (Å²) in [5.41, 5.74) is -0.826. The Morgan fingerprint density at radius 1 is 1.32 bits per heavy atom. The predicted molar refractivity (Wildman–Crippen MR) is 89.3 cm³/mol. The minimum absolute atomic E-state index is 0.0223. The van der Waals surface area contributed by atoms with E-state index in [4.69, 9.17) is 14.9 Å². The van der Waals surface area contributed by atoms with Crippen LogP contribution < -0.4 is 4.74 Å². The molecular formula is C16H13FN4O7. The van der Waals surface area contributed by atoms with Gasteiger partial charge in [0.15, 0.2) is 0 Å². The van der Waals surface area contributed by atoms with Crippen molar-refractivity contribution in [2.75, 3.05) is 6.54 Å². The van der Waals surface area contributed by atoms with Gasteiger partial charge in [0.05, 0.1) is 17.2 Å². The zero-order valence-electron chi connectivity index (χ0n) is 14.1. The number of aliphatic carboxylic acids is 1. The summed E-state index contributed by atoms with van der Waals surface area (Å²) in [4.78, 5) is 41.0. The number of nitro benzene ring substituents is 1. The van der Waals surface area contributed by atoms with Gasteiger partial charge in [-0.25, -0.2) is 14.6 Å². The van der Waals surface area contributed by atoms with Crippen LogP contribution in [0.15, 0.2) is 30.5 Å². The molecule has 146 valence electrons. The van der Waals surface area contributed by atoms with Gasteiger partial charge in [-0.05, 0) is 12.1 Å². The number of hydrogen-bond acceptors (Lipinski definition) is 7. The van der Waals surface area contributed by atoms with Crippen molar-refractivity contribution in [1.82, 2.24) is 14.9 Å². The standard InChI is InChI=1S/C16H13FN4O7/c17-13-9(2-1-3-11(13)21(26)27)10-4-5-18-15(19-10)28-8-6-12(14(22)23)20(7-8)16(24)25/h1-5,8,12H,6-7H2,(H,22,23)(H,24,25)/t8-,12-/m0/s1. The molecule has 2 N–H and O–H groups in total. The Balaban J connectivity index is 1.84. The first kappa shape index (κ1) is 18.9. The first-order valence-electron chi connectivity index (χ1n) is 7.93. The smallest absolute Gasteiger partial charge is 0.408 e. The topological polar surface area (TPSA) is 156 Å². The first-order chi connectivity index (χ1) is 13.3. The molecular weight excluding hydrogens is 379 g/mol. The third-order valence-electron chi connectivity index (χ3n) is 4.15. The third kappa shape index (κ3) is 3.65. The third-order valence-corrected chi connectivity index (χ3v) is 4.15. The van der Waals surface area contributed by atoms with Crippen molar-refractivity contribution in [2.24, 2.45) is 0 Å². The lowest BCUT2D eigenvalue weighted by Gasteiger charge is -2.16. The van der Waals surface area contributed by atoms with Gasteiger partial charge in [0.2, 0.25) is 5.82 Å². The van der Waals surface area contributed by atoms with Crippen molar-refractivity contribution >= 4 is 17.7 Å². The van der Waals surface area contributed by atoms with Crippen molar-refractivity contribution in [3.63, 3.8) is 0 Å². The van der Waals surface area contributed by atoms with Gasteiger partial charge in [-0.1, -0.05) is 6.07 Å². The molecule has 1 fully saturated rings. The van der Waals surface area contributed by atoms with Crippen molar-refractivity contribution in [2.45, 2.75) is 18.6 Å². The average Bonchev–Trinajstić information content (AvgIpc) is 3.06. The zero-order chi connectivity index (χ0) is 20.4. The average molecular weight is 392 g/mol. The van der Waals surface area contributed by atoms with Crippen molar-refractivity contribution in [1.29, 1.82) is 0 Å². The predicted octanol–water partition coefficient (Wildman–Crippen LogP) is 1.78. The Morgan fingerprint density at radius 3 is 2.68 bits per heavy atom. The monoisotopic (exact) mass is 392 g/mol. The first-order valence-corrected chi connectivity index (χ1v) is 7.93. The number of nitrogens with zero attached hydrogens (tertiary/aromatic N) is 4. The fraction of sp³-hybridized carbons (Fsp3) is 0.250. The molecule has 1 aromatic heterocycles. The lowest BCUT2D eigenvalue weighted by molar-refractivity contribution is -0.387. The van der Waals surface area contributed by atoms with Crippen LogP contribution in [0.25, 0.3) is 11.3 Å². The summed E-state index contributed by atoms with van der Waals surface area (Å²) in [6, 6.07) is 3.45. The molecule has 12 heteroatoms. The van der Waals surface area contributed by atoms with Gasteiger partial charge >= 0.3 is 23.8 Å². The molecule has 0 radical (unpaired) electrons. The number of ether oxygens (including phenoxy) is 1. The highest BCUT2D eigenvalue weighted by molar-refractivity contribution is 5.80. The lowest BCUT2D eigenvalue weighted by Crippen LogP contribution is -2.39. The van der Waals surface area contributed by atoms with Crippen LogP contribution in [-0.4, -0.2) is 60.8 Å². The van der Waals surface area contributed by atoms with Crippen LogP contribution >= 0.6 is 0 Å². The number of benzene rings is 1. The number of amides is 1.